The molecule has 0 aliphatic heterocycles. The van der Waals surface area contributed by atoms with Crippen LogP contribution in [0, 0.1) is 0 Å². The minimum Gasteiger partial charge on any atom is -0.271 e. The summed E-state index contributed by atoms with van der Waals surface area (Å²) in [4.78, 5) is 4.71. The topological polar surface area (TPSA) is 50.9 Å². The van der Waals surface area contributed by atoms with Crippen LogP contribution >= 0.6 is 23.1 Å². The monoisotopic (exact) mass is 307 g/mol. The number of hydrogen-bond acceptors (Lipinski definition) is 5. The Balaban J connectivity index is 1.94. The van der Waals surface area contributed by atoms with Crippen molar-refractivity contribution in [2.24, 2.45) is 5.84 Å². The van der Waals surface area contributed by atoms with E-state index in [1.165, 1.54) is 17.7 Å². The third-order valence-corrected chi connectivity index (χ3v) is 5.15. The fourth-order valence-electron chi connectivity index (χ4n) is 1.89. The van der Waals surface area contributed by atoms with Crippen LogP contribution in [0.5, 0.6) is 0 Å². The summed E-state index contributed by atoms with van der Waals surface area (Å²) >= 11 is 3.65. The molecule has 0 fully saturated rings. The van der Waals surface area contributed by atoms with E-state index in [1.807, 2.05) is 30.0 Å². The van der Waals surface area contributed by atoms with Crippen LogP contribution in [-0.2, 0) is 6.42 Å². The fourth-order valence-corrected chi connectivity index (χ4v) is 3.73. The molecule has 2 aromatic rings. The van der Waals surface area contributed by atoms with Gasteiger partial charge in [-0.15, -0.1) is 11.3 Å². The summed E-state index contributed by atoms with van der Waals surface area (Å²) in [5.41, 5.74) is 5.14. The second-order valence-corrected chi connectivity index (χ2v) is 6.73. The lowest BCUT2D eigenvalue weighted by Crippen LogP contribution is -2.38. The van der Waals surface area contributed by atoms with Crippen LogP contribution in [0.15, 0.2) is 35.7 Å². The van der Waals surface area contributed by atoms with Gasteiger partial charge in [-0.05, 0) is 12.2 Å². The molecule has 20 heavy (non-hydrogen) atoms. The molecule has 0 saturated carbocycles. The molecule has 2 rings (SSSR count). The van der Waals surface area contributed by atoms with E-state index >= 15 is 0 Å². The quantitative estimate of drug-likeness (QED) is 0.446. The van der Waals surface area contributed by atoms with Crippen molar-refractivity contribution < 1.29 is 0 Å². The van der Waals surface area contributed by atoms with Crippen molar-refractivity contribution in [1.82, 2.24) is 10.4 Å². The Labute approximate surface area is 129 Å². The number of hydrogen-bond donors (Lipinski definition) is 2. The van der Waals surface area contributed by atoms with Gasteiger partial charge in [0.25, 0.3) is 0 Å². The number of thiazole rings is 1. The highest BCUT2D eigenvalue weighted by atomic mass is 32.2. The zero-order valence-electron chi connectivity index (χ0n) is 11.7. The van der Waals surface area contributed by atoms with E-state index in [1.54, 1.807) is 11.3 Å². The van der Waals surface area contributed by atoms with Gasteiger partial charge in [-0.1, -0.05) is 37.3 Å². The highest BCUT2D eigenvalue weighted by Gasteiger charge is 2.11. The second kappa shape index (κ2) is 8.42. The van der Waals surface area contributed by atoms with Crippen LogP contribution in [0.2, 0.25) is 0 Å². The van der Waals surface area contributed by atoms with Gasteiger partial charge >= 0.3 is 0 Å². The maximum absolute atomic E-state index is 5.63. The van der Waals surface area contributed by atoms with Gasteiger partial charge in [-0.2, -0.15) is 11.8 Å². The lowest BCUT2D eigenvalue weighted by atomic mass is 10.2. The van der Waals surface area contributed by atoms with Crippen LogP contribution in [0.4, 0.5) is 0 Å². The number of nitrogens with two attached hydrogens (primary N) is 1. The van der Waals surface area contributed by atoms with E-state index < -0.39 is 0 Å². The Morgan fingerprint density at radius 3 is 2.85 bits per heavy atom. The molecule has 5 heteroatoms. The van der Waals surface area contributed by atoms with Crippen molar-refractivity contribution in [2.75, 3.05) is 11.5 Å². The predicted octanol–water partition coefficient (Wildman–Crippen LogP) is 3.33. The smallest absolute Gasteiger partial charge is 0.0948 e. The van der Waals surface area contributed by atoms with Crippen LogP contribution in [0.25, 0.3) is 11.3 Å². The van der Waals surface area contributed by atoms with Crippen molar-refractivity contribution in [3.05, 3.63) is 40.7 Å². The Kier molecular flexibility index (Phi) is 6.53. The van der Waals surface area contributed by atoms with Gasteiger partial charge in [0.1, 0.15) is 0 Å². The normalized spacial score (nSPS) is 12.5. The van der Waals surface area contributed by atoms with Gasteiger partial charge in [0.2, 0.25) is 0 Å². The van der Waals surface area contributed by atoms with E-state index in [-0.39, 0.29) is 0 Å². The lowest BCUT2D eigenvalue weighted by molar-refractivity contribution is 0.574. The summed E-state index contributed by atoms with van der Waals surface area (Å²) in [5, 5.41) is 3.26. The van der Waals surface area contributed by atoms with Gasteiger partial charge < -0.3 is 0 Å². The summed E-state index contributed by atoms with van der Waals surface area (Å²) in [6.07, 6.45) is 2.10. The Morgan fingerprint density at radius 1 is 1.35 bits per heavy atom. The summed E-state index contributed by atoms with van der Waals surface area (Å²) in [7, 11) is 0. The molecule has 3 nitrogen and oxygen atoms in total. The summed E-state index contributed by atoms with van der Waals surface area (Å²) in [6.45, 7) is 2.20. The second-order valence-electron chi connectivity index (χ2n) is 4.64. The van der Waals surface area contributed by atoms with E-state index in [0.29, 0.717) is 6.04 Å². The molecular formula is C15H21N3S2. The molecule has 1 aromatic carbocycles. The highest BCUT2D eigenvalue weighted by molar-refractivity contribution is 7.99. The first-order valence-corrected chi connectivity index (χ1v) is 8.90. The standard InChI is InChI=1S/C15H21N3S2/c1-2-8-19-10-13(18-16)9-15-17-14(11-20-15)12-6-4-3-5-7-12/h3-7,11,13,18H,2,8-10,16H2,1H3. The number of nitrogens with zero attached hydrogens (tertiary/aromatic N) is 1. The third-order valence-electron chi connectivity index (χ3n) is 2.95. The first-order valence-electron chi connectivity index (χ1n) is 6.87. The Hall–Kier alpha value is -0.880. The van der Waals surface area contributed by atoms with E-state index in [4.69, 9.17) is 10.8 Å². The number of benzene rings is 1. The SMILES string of the molecule is CCCSCC(Cc1nc(-c2ccccc2)cs1)NN. The van der Waals surface area contributed by atoms with Crippen LogP contribution in [-0.4, -0.2) is 22.5 Å². The van der Waals surface area contributed by atoms with Gasteiger partial charge in [0, 0.05) is 29.2 Å². The molecule has 0 aliphatic rings. The summed E-state index contributed by atoms with van der Waals surface area (Å²) in [5.74, 6) is 7.85. The molecule has 108 valence electrons. The van der Waals surface area contributed by atoms with Gasteiger partial charge in [-0.3, -0.25) is 11.3 Å². The lowest BCUT2D eigenvalue weighted by Gasteiger charge is -2.13. The minimum atomic E-state index is 0.293. The summed E-state index contributed by atoms with van der Waals surface area (Å²) < 4.78 is 0. The first kappa shape index (κ1) is 15.5. The minimum absolute atomic E-state index is 0.293. The maximum atomic E-state index is 5.63. The first-order chi connectivity index (χ1) is 9.83. The zero-order chi connectivity index (χ0) is 14.2. The number of rotatable bonds is 8. The van der Waals surface area contributed by atoms with Crippen molar-refractivity contribution >= 4 is 23.1 Å². The molecule has 0 amide bonds. The highest BCUT2D eigenvalue weighted by Crippen LogP contribution is 2.22. The molecule has 0 bridgehead atoms. The van der Waals surface area contributed by atoms with E-state index in [0.717, 1.165) is 22.9 Å². The van der Waals surface area contributed by atoms with E-state index in [9.17, 15) is 0 Å². The average molecular weight is 307 g/mol. The Morgan fingerprint density at radius 2 is 2.15 bits per heavy atom. The molecule has 0 spiro atoms. The average Bonchev–Trinajstić information content (AvgIpc) is 2.96. The van der Waals surface area contributed by atoms with Crippen molar-refractivity contribution in [2.45, 2.75) is 25.8 Å². The van der Waals surface area contributed by atoms with Crippen molar-refractivity contribution in [1.29, 1.82) is 0 Å². The van der Waals surface area contributed by atoms with E-state index in [2.05, 4.69) is 29.9 Å². The van der Waals surface area contributed by atoms with Gasteiger partial charge in [0.15, 0.2) is 0 Å². The van der Waals surface area contributed by atoms with Gasteiger partial charge in [-0.25, -0.2) is 4.98 Å². The molecule has 0 aliphatic carbocycles. The molecule has 0 radical (unpaired) electrons. The number of hydrazine groups is 1. The molecule has 3 N–H and O–H groups in total. The zero-order valence-corrected chi connectivity index (χ0v) is 13.3. The third kappa shape index (κ3) is 4.59. The van der Waals surface area contributed by atoms with Crippen molar-refractivity contribution in [3.8, 4) is 11.3 Å². The largest absolute Gasteiger partial charge is 0.271 e. The molecule has 0 saturated heterocycles. The number of aromatic nitrogens is 1. The predicted molar refractivity (Wildman–Crippen MR) is 90.0 cm³/mol. The Bertz CT molecular complexity index is 499. The van der Waals surface area contributed by atoms with Crippen LogP contribution in [0.1, 0.15) is 18.4 Å². The molecule has 1 atom stereocenters. The van der Waals surface area contributed by atoms with Gasteiger partial charge in [0.05, 0.1) is 10.7 Å². The number of nitrogens with one attached hydrogen (secondary N) is 1. The fraction of sp³-hybridized carbons (Fsp3) is 0.400. The maximum Gasteiger partial charge on any atom is 0.0948 e. The number of thioether (sulfide) groups is 1. The molecule has 1 aromatic heterocycles. The molecule has 1 heterocycles. The molecule has 1 unspecified atom stereocenters. The van der Waals surface area contributed by atoms with Crippen LogP contribution < -0.4 is 11.3 Å². The summed E-state index contributed by atoms with van der Waals surface area (Å²) in [6, 6.07) is 10.6. The van der Waals surface area contributed by atoms with Crippen molar-refractivity contribution in [3.63, 3.8) is 0 Å². The van der Waals surface area contributed by atoms with Crippen LogP contribution in [0.3, 0.4) is 0 Å². The molecular weight excluding hydrogens is 286 g/mol.